The van der Waals surface area contributed by atoms with Crippen LogP contribution in [0, 0.1) is 0 Å². The minimum absolute atomic E-state index is 0.00172. The Morgan fingerprint density at radius 2 is 0.857 bits per heavy atom. The van der Waals surface area contributed by atoms with Crippen molar-refractivity contribution in [3.05, 3.63) is 60.6 Å². The number of carboxylic acid groups (broad SMARTS) is 1. The van der Waals surface area contributed by atoms with Gasteiger partial charge in [0.05, 0.1) is 11.4 Å². The van der Waals surface area contributed by atoms with Gasteiger partial charge in [0.25, 0.3) is 11.8 Å². The normalized spacial score (nSPS) is 11.0. The second kappa shape index (κ2) is 19.0. The van der Waals surface area contributed by atoms with Crippen LogP contribution in [0.3, 0.4) is 0 Å². The van der Waals surface area contributed by atoms with E-state index in [1.54, 1.807) is 64.3 Å². The van der Waals surface area contributed by atoms with Crippen LogP contribution in [0.15, 0.2) is 43.1 Å². The molecule has 5 aromatic heterocycles. The van der Waals surface area contributed by atoms with E-state index >= 15 is 0 Å². The lowest BCUT2D eigenvalue weighted by molar-refractivity contribution is -0.121. The molecule has 0 aromatic carbocycles. The maximum absolute atomic E-state index is 13.1. The van der Waals surface area contributed by atoms with Gasteiger partial charge in [0.2, 0.25) is 41.1 Å². The Morgan fingerprint density at radius 3 is 1.22 bits per heavy atom. The number of carboxylic acids is 1. The summed E-state index contributed by atoms with van der Waals surface area (Å²) in [5, 5.41) is 27.3. The van der Waals surface area contributed by atoms with Crippen molar-refractivity contribution in [2.45, 2.75) is 52.1 Å². The van der Waals surface area contributed by atoms with Gasteiger partial charge in [0.15, 0.2) is 17.5 Å². The fraction of sp³-hybridized carbons (Fsp3) is 0.342. The van der Waals surface area contributed by atoms with Gasteiger partial charge in [-0.1, -0.05) is 0 Å². The van der Waals surface area contributed by atoms with E-state index in [1.165, 1.54) is 57.7 Å². The van der Waals surface area contributed by atoms with Crippen LogP contribution in [0.25, 0.3) is 0 Å². The standard InChI is InChI=1S/C38H47N15O10/c1-38(2,3)63-37(62)46-24-19-52(7)32(44-24)35(59)40-21-14-26(50(5)16-21)47-29(56)11-9-27(54)41-22-17-51(6)31(43-22)34(58)39-20-13-25(49(4)15-20)48-30(57)12-10-28(55)42-23-18-53(8)33(45-23)36(60)61/h13-19H,9-12H2,1-8H3,(H,39,58)(H,40,59)(H,41,54)(H,42,55)(H,46,62)(H,47,56)(H,48,57)(H,60,61). The number of aryl methyl sites for hydroxylation is 5. The van der Waals surface area contributed by atoms with Crippen molar-refractivity contribution in [2.75, 3.05) is 37.2 Å². The van der Waals surface area contributed by atoms with Crippen LogP contribution in [0.2, 0.25) is 0 Å². The summed E-state index contributed by atoms with van der Waals surface area (Å²) in [4.78, 5) is 112. The molecule has 334 valence electrons. The van der Waals surface area contributed by atoms with Crippen LogP contribution in [-0.2, 0) is 59.2 Å². The van der Waals surface area contributed by atoms with E-state index < -0.39 is 53.1 Å². The first-order chi connectivity index (χ1) is 29.5. The largest absolute Gasteiger partial charge is 0.475 e. The Labute approximate surface area is 358 Å². The van der Waals surface area contributed by atoms with Crippen molar-refractivity contribution >= 4 is 88.0 Å². The van der Waals surface area contributed by atoms with E-state index in [0.717, 1.165) is 0 Å². The van der Waals surface area contributed by atoms with E-state index in [1.807, 2.05) is 0 Å². The number of carbonyl (C=O) groups is 8. The number of nitrogens with zero attached hydrogens (tertiary/aromatic N) is 8. The average molecular weight is 874 g/mol. The van der Waals surface area contributed by atoms with Gasteiger partial charge in [-0.15, -0.1) is 0 Å². The Bertz CT molecular complexity index is 2600. The summed E-state index contributed by atoms with van der Waals surface area (Å²) in [6.45, 7) is 5.14. The monoisotopic (exact) mass is 873 g/mol. The van der Waals surface area contributed by atoms with Gasteiger partial charge in [0, 0.05) is 104 Å². The van der Waals surface area contributed by atoms with E-state index in [-0.39, 0.29) is 60.6 Å². The zero-order valence-corrected chi connectivity index (χ0v) is 35.6. The predicted octanol–water partition coefficient (Wildman–Crippen LogP) is 2.83. The van der Waals surface area contributed by atoms with Gasteiger partial charge in [-0.2, -0.15) is 0 Å². The topological polar surface area (TPSA) is 314 Å². The highest BCUT2D eigenvalue weighted by Gasteiger charge is 2.22. The average Bonchev–Trinajstić information content (AvgIpc) is 3.98. The lowest BCUT2D eigenvalue weighted by Crippen LogP contribution is -2.27. The molecule has 7 amide bonds. The SMILES string of the molecule is Cn1cc(NC(=O)c2nc(NC(=O)CCC(=O)Nc3cc(NC(=O)c4nc(NC(=O)OC(C)(C)C)cn4C)cn3C)cn2C)cc1NC(=O)CCC(=O)Nc1cn(C)c(C(=O)O)n1. The van der Waals surface area contributed by atoms with Crippen molar-refractivity contribution < 1.29 is 48.2 Å². The molecule has 5 rings (SSSR count). The van der Waals surface area contributed by atoms with Crippen molar-refractivity contribution in [3.8, 4) is 0 Å². The molecule has 25 heteroatoms. The highest BCUT2D eigenvalue weighted by molar-refractivity contribution is 6.04. The molecule has 0 bridgehead atoms. The lowest BCUT2D eigenvalue weighted by Gasteiger charge is -2.18. The number of nitrogens with one attached hydrogen (secondary N) is 7. The first kappa shape index (κ1) is 45.8. The number of carbonyl (C=O) groups excluding carboxylic acids is 7. The van der Waals surface area contributed by atoms with E-state index in [0.29, 0.717) is 23.0 Å². The molecule has 0 aliphatic carbocycles. The maximum atomic E-state index is 13.1. The first-order valence-corrected chi connectivity index (χ1v) is 19.0. The third-order valence-electron chi connectivity index (χ3n) is 8.61. The number of aromatic nitrogens is 8. The molecule has 0 spiro atoms. The van der Waals surface area contributed by atoms with Crippen LogP contribution in [0.4, 0.5) is 45.3 Å². The second-order valence-corrected chi connectivity index (χ2v) is 15.2. The molecule has 0 saturated heterocycles. The van der Waals surface area contributed by atoms with Crippen molar-refractivity contribution in [1.29, 1.82) is 0 Å². The molecule has 5 heterocycles. The van der Waals surface area contributed by atoms with Gasteiger partial charge in [-0.05, 0) is 20.8 Å². The van der Waals surface area contributed by atoms with E-state index in [9.17, 15) is 38.4 Å². The number of hydrogen-bond acceptors (Lipinski definition) is 12. The number of ether oxygens (including phenoxy) is 1. The highest BCUT2D eigenvalue weighted by Crippen LogP contribution is 2.21. The fourth-order valence-corrected chi connectivity index (χ4v) is 5.77. The van der Waals surface area contributed by atoms with Crippen molar-refractivity contribution in [2.24, 2.45) is 35.2 Å². The van der Waals surface area contributed by atoms with Crippen LogP contribution in [-0.4, -0.2) is 96.0 Å². The minimum atomic E-state index is -1.26. The molecule has 0 fully saturated rings. The van der Waals surface area contributed by atoms with Gasteiger partial charge in [0.1, 0.15) is 17.2 Å². The van der Waals surface area contributed by atoms with Crippen LogP contribution < -0.4 is 37.2 Å². The molecule has 0 aliphatic heterocycles. The zero-order valence-electron chi connectivity index (χ0n) is 35.6. The van der Waals surface area contributed by atoms with Gasteiger partial charge in [-0.25, -0.2) is 24.5 Å². The number of imidazole rings is 3. The Balaban J connectivity index is 1.05. The molecule has 0 unspecified atom stereocenters. The number of amides is 7. The maximum Gasteiger partial charge on any atom is 0.413 e. The number of aromatic carboxylic acids is 1. The third-order valence-corrected chi connectivity index (χ3v) is 8.61. The molecular weight excluding hydrogens is 827 g/mol. The highest BCUT2D eigenvalue weighted by atomic mass is 16.6. The molecule has 0 aliphatic rings. The second-order valence-electron chi connectivity index (χ2n) is 15.2. The molecule has 0 radical (unpaired) electrons. The fourth-order valence-electron chi connectivity index (χ4n) is 5.77. The third kappa shape index (κ3) is 12.6. The molecule has 5 aromatic rings. The first-order valence-electron chi connectivity index (χ1n) is 19.0. The molecule has 8 N–H and O–H groups in total. The molecule has 25 nitrogen and oxygen atoms in total. The predicted molar refractivity (Wildman–Crippen MR) is 226 cm³/mol. The zero-order chi connectivity index (χ0) is 46.3. The van der Waals surface area contributed by atoms with Gasteiger partial charge >= 0.3 is 12.1 Å². The van der Waals surface area contributed by atoms with Crippen LogP contribution >= 0.6 is 0 Å². The Kier molecular flexibility index (Phi) is 13.8. The number of anilines is 7. The summed E-state index contributed by atoms with van der Waals surface area (Å²) in [5.74, 6) is -4.01. The molecule has 0 saturated carbocycles. The van der Waals surface area contributed by atoms with Crippen molar-refractivity contribution in [1.82, 2.24) is 37.8 Å². The quantitative estimate of drug-likeness (QED) is 0.0708. The van der Waals surface area contributed by atoms with Gasteiger partial charge < -0.3 is 64.6 Å². The summed E-state index contributed by atoms with van der Waals surface area (Å²) >= 11 is 0. The number of rotatable bonds is 16. The molecule has 0 atom stereocenters. The summed E-state index contributed by atoms with van der Waals surface area (Å²) in [6.07, 6.45) is 5.74. The van der Waals surface area contributed by atoms with E-state index in [2.05, 4.69) is 52.2 Å². The summed E-state index contributed by atoms with van der Waals surface area (Å²) in [5.41, 5.74) is -0.0740. The smallest absolute Gasteiger partial charge is 0.413 e. The Hall–Kier alpha value is -8.25. The molecule has 63 heavy (non-hydrogen) atoms. The summed E-state index contributed by atoms with van der Waals surface area (Å²) in [7, 11) is 7.86. The summed E-state index contributed by atoms with van der Waals surface area (Å²) in [6, 6.07) is 3.01. The number of hydrogen-bond donors (Lipinski definition) is 8. The van der Waals surface area contributed by atoms with Crippen LogP contribution in [0.5, 0.6) is 0 Å². The van der Waals surface area contributed by atoms with Gasteiger partial charge in [-0.3, -0.25) is 34.1 Å². The lowest BCUT2D eigenvalue weighted by atomic mass is 10.2. The molecular formula is C38H47N15O10. The minimum Gasteiger partial charge on any atom is -0.475 e. The summed E-state index contributed by atoms with van der Waals surface area (Å²) < 4.78 is 12.4. The Morgan fingerprint density at radius 1 is 0.508 bits per heavy atom. The van der Waals surface area contributed by atoms with E-state index in [4.69, 9.17) is 9.84 Å². The van der Waals surface area contributed by atoms with Crippen LogP contribution in [0.1, 0.15) is 78.3 Å². The van der Waals surface area contributed by atoms with Crippen molar-refractivity contribution in [3.63, 3.8) is 0 Å².